The first-order chi connectivity index (χ1) is 12.8. The van der Waals surface area contributed by atoms with Gasteiger partial charge in [0.25, 0.3) is 5.56 Å². The molecule has 26 heavy (non-hydrogen) atoms. The molecule has 1 saturated heterocycles. The fraction of sp³-hybridized carbons (Fsp3) is 0.632. The quantitative estimate of drug-likeness (QED) is 0.874. The number of aryl methyl sites for hydroxylation is 1. The standard InChI is InChI=1S/C19H25N5OS/c25-18-8-14-12-26-7-5-17(14)22-24(18)11-16-2-1-6-23(16)10-15-9-20-21-19(15)13-3-4-13/h8-9,13,16H,1-7,10-12H2,(H,20,21). The van der Waals surface area contributed by atoms with Crippen LogP contribution in [0.1, 0.15) is 54.1 Å². The number of fused-ring (bicyclic) bond motifs is 1. The highest BCUT2D eigenvalue weighted by Crippen LogP contribution is 2.41. The van der Waals surface area contributed by atoms with Crippen LogP contribution in [0.2, 0.25) is 0 Å². The minimum atomic E-state index is 0.0556. The van der Waals surface area contributed by atoms with Gasteiger partial charge in [-0.25, -0.2) is 4.68 Å². The first kappa shape index (κ1) is 16.6. The Morgan fingerprint density at radius 2 is 2.23 bits per heavy atom. The van der Waals surface area contributed by atoms with Gasteiger partial charge in [-0.15, -0.1) is 0 Å². The summed E-state index contributed by atoms with van der Waals surface area (Å²) in [6, 6.07) is 2.20. The van der Waals surface area contributed by atoms with Gasteiger partial charge in [-0.3, -0.25) is 14.8 Å². The highest BCUT2D eigenvalue weighted by molar-refractivity contribution is 7.98. The van der Waals surface area contributed by atoms with E-state index in [1.807, 2.05) is 24.0 Å². The van der Waals surface area contributed by atoms with Crippen LogP contribution >= 0.6 is 11.8 Å². The Kier molecular flexibility index (Phi) is 4.36. The van der Waals surface area contributed by atoms with Gasteiger partial charge in [-0.05, 0) is 43.5 Å². The summed E-state index contributed by atoms with van der Waals surface area (Å²) >= 11 is 1.89. The zero-order valence-electron chi connectivity index (χ0n) is 15.0. The second-order valence-electron chi connectivity index (χ2n) is 7.79. The van der Waals surface area contributed by atoms with Gasteiger partial charge in [0.2, 0.25) is 0 Å². The number of hydrogen-bond acceptors (Lipinski definition) is 5. The van der Waals surface area contributed by atoms with Crippen LogP contribution in [0.4, 0.5) is 0 Å². The maximum absolute atomic E-state index is 12.5. The molecule has 2 aromatic rings. The van der Waals surface area contributed by atoms with Gasteiger partial charge in [-0.2, -0.15) is 22.0 Å². The van der Waals surface area contributed by atoms with Crippen LogP contribution in [0, 0.1) is 0 Å². The molecule has 138 valence electrons. The van der Waals surface area contributed by atoms with Gasteiger partial charge in [0.1, 0.15) is 0 Å². The minimum absolute atomic E-state index is 0.0556. The molecule has 0 spiro atoms. The number of aromatic amines is 1. The van der Waals surface area contributed by atoms with E-state index in [2.05, 4.69) is 15.1 Å². The number of hydrogen-bond donors (Lipinski definition) is 1. The van der Waals surface area contributed by atoms with Gasteiger partial charge < -0.3 is 0 Å². The molecule has 1 atom stereocenters. The Hall–Kier alpha value is -1.60. The molecule has 1 saturated carbocycles. The lowest BCUT2D eigenvalue weighted by atomic mass is 10.1. The van der Waals surface area contributed by atoms with Crippen LogP contribution in [0.15, 0.2) is 17.1 Å². The van der Waals surface area contributed by atoms with Crippen LogP contribution in [0.5, 0.6) is 0 Å². The molecule has 6 nitrogen and oxygen atoms in total. The predicted octanol–water partition coefficient (Wildman–Crippen LogP) is 2.30. The van der Waals surface area contributed by atoms with Crippen molar-refractivity contribution in [3.05, 3.63) is 45.1 Å². The highest BCUT2D eigenvalue weighted by atomic mass is 32.2. The number of aromatic nitrogens is 4. The summed E-state index contributed by atoms with van der Waals surface area (Å²) in [6.45, 7) is 2.73. The average molecular weight is 372 g/mol. The lowest BCUT2D eigenvalue weighted by molar-refractivity contribution is 0.215. The molecule has 0 radical (unpaired) electrons. The maximum atomic E-state index is 12.5. The summed E-state index contributed by atoms with van der Waals surface area (Å²) in [6.07, 6.45) is 7.87. The van der Waals surface area contributed by atoms with Gasteiger partial charge in [0.05, 0.1) is 18.4 Å². The van der Waals surface area contributed by atoms with E-state index in [1.54, 1.807) is 4.68 Å². The monoisotopic (exact) mass is 371 g/mol. The average Bonchev–Trinajstić information content (AvgIpc) is 3.23. The number of H-pyrrole nitrogens is 1. The van der Waals surface area contributed by atoms with Crippen molar-refractivity contribution in [2.75, 3.05) is 12.3 Å². The second kappa shape index (κ2) is 6.85. The largest absolute Gasteiger partial charge is 0.294 e. The minimum Gasteiger partial charge on any atom is -0.294 e. The summed E-state index contributed by atoms with van der Waals surface area (Å²) < 4.78 is 1.72. The normalized spacial score (nSPS) is 23.3. The molecule has 4 heterocycles. The zero-order chi connectivity index (χ0) is 17.5. The lowest BCUT2D eigenvalue weighted by Gasteiger charge is -2.25. The Morgan fingerprint density at radius 1 is 1.31 bits per heavy atom. The van der Waals surface area contributed by atoms with Crippen molar-refractivity contribution >= 4 is 11.8 Å². The maximum Gasteiger partial charge on any atom is 0.267 e. The second-order valence-corrected chi connectivity index (χ2v) is 8.89. The highest BCUT2D eigenvalue weighted by Gasteiger charge is 2.31. The van der Waals surface area contributed by atoms with Crippen molar-refractivity contribution in [3.8, 4) is 0 Å². The number of thioether (sulfide) groups is 1. The molecule has 0 amide bonds. The summed E-state index contributed by atoms with van der Waals surface area (Å²) in [4.78, 5) is 15.0. The van der Waals surface area contributed by atoms with E-state index in [9.17, 15) is 4.79 Å². The summed E-state index contributed by atoms with van der Waals surface area (Å²) in [5, 5.41) is 12.2. The third kappa shape index (κ3) is 3.22. The molecule has 0 aromatic carbocycles. The van der Waals surface area contributed by atoms with E-state index in [-0.39, 0.29) is 5.56 Å². The molecular weight excluding hydrogens is 346 g/mol. The molecular formula is C19H25N5OS. The van der Waals surface area contributed by atoms with Crippen LogP contribution in [0.25, 0.3) is 0 Å². The van der Waals surface area contributed by atoms with Gasteiger partial charge in [0, 0.05) is 48.0 Å². The van der Waals surface area contributed by atoms with Crippen LogP contribution < -0.4 is 5.56 Å². The Morgan fingerprint density at radius 3 is 3.12 bits per heavy atom. The van der Waals surface area contributed by atoms with E-state index in [0.717, 1.165) is 48.7 Å². The number of rotatable bonds is 5. The van der Waals surface area contributed by atoms with E-state index in [0.29, 0.717) is 18.5 Å². The van der Waals surface area contributed by atoms with Crippen molar-refractivity contribution in [1.29, 1.82) is 0 Å². The van der Waals surface area contributed by atoms with Crippen molar-refractivity contribution in [2.24, 2.45) is 0 Å². The van der Waals surface area contributed by atoms with Crippen molar-refractivity contribution in [3.63, 3.8) is 0 Å². The number of likely N-dealkylation sites (tertiary alicyclic amines) is 1. The van der Waals surface area contributed by atoms with Crippen LogP contribution in [-0.2, 0) is 25.3 Å². The molecule has 3 aliphatic rings. The smallest absolute Gasteiger partial charge is 0.267 e. The van der Waals surface area contributed by atoms with Gasteiger partial charge in [-0.1, -0.05) is 0 Å². The number of nitrogens with one attached hydrogen (secondary N) is 1. The summed E-state index contributed by atoms with van der Waals surface area (Å²) in [5.74, 6) is 2.73. The molecule has 0 bridgehead atoms. The molecule has 1 aliphatic carbocycles. The third-order valence-electron chi connectivity index (χ3n) is 5.90. The van der Waals surface area contributed by atoms with Crippen LogP contribution in [-0.4, -0.2) is 43.2 Å². The topological polar surface area (TPSA) is 66.8 Å². The summed E-state index contributed by atoms with van der Waals surface area (Å²) in [7, 11) is 0. The third-order valence-corrected chi connectivity index (χ3v) is 6.91. The van der Waals surface area contributed by atoms with Crippen molar-refractivity contribution in [1.82, 2.24) is 24.9 Å². The predicted molar refractivity (Wildman–Crippen MR) is 102 cm³/mol. The van der Waals surface area contributed by atoms with E-state index in [1.165, 1.54) is 30.5 Å². The SMILES string of the molecule is O=c1cc2c(nn1CC1CCCN1Cc1cn[nH]c1C1CC1)CCSC2. The summed E-state index contributed by atoms with van der Waals surface area (Å²) in [5.41, 5.74) is 4.98. The molecule has 2 fully saturated rings. The number of nitrogens with zero attached hydrogens (tertiary/aromatic N) is 4. The van der Waals surface area contributed by atoms with E-state index < -0.39 is 0 Å². The fourth-order valence-electron chi connectivity index (χ4n) is 4.28. The van der Waals surface area contributed by atoms with E-state index in [4.69, 9.17) is 5.10 Å². The van der Waals surface area contributed by atoms with Gasteiger partial charge >= 0.3 is 0 Å². The molecule has 2 aromatic heterocycles. The van der Waals surface area contributed by atoms with Crippen LogP contribution in [0.3, 0.4) is 0 Å². The Balaban J connectivity index is 1.33. The molecule has 5 rings (SSSR count). The first-order valence-corrected chi connectivity index (χ1v) is 10.9. The lowest BCUT2D eigenvalue weighted by Crippen LogP contribution is -2.37. The van der Waals surface area contributed by atoms with E-state index >= 15 is 0 Å². The van der Waals surface area contributed by atoms with Crippen molar-refractivity contribution < 1.29 is 0 Å². The zero-order valence-corrected chi connectivity index (χ0v) is 15.8. The molecule has 7 heteroatoms. The molecule has 2 aliphatic heterocycles. The Bertz CT molecular complexity index is 856. The van der Waals surface area contributed by atoms with Crippen molar-refractivity contribution in [2.45, 2.75) is 62.9 Å². The molecule has 1 N–H and O–H groups in total. The Labute approximate surface area is 157 Å². The fourth-order valence-corrected chi connectivity index (χ4v) is 5.24. The van der Waals surface area contributed by atoms with Gasteiger partial charge in [0.15, 0.2) is 0 Å². The molecule has 1 unspecified atom stereocenters. The first-order valence-electron chi connectivity index (χ1n) is 9.72.